The summed E-state index contributed by atoms with van der Waals surface area (Å²) in [7, 11) is 0. The fourth-order valence-electron chi connectivity index (χ4n) is 3.76. The largest absolute Gasteiger partial charge is 0.484 e. The molecular formula is C26H27N3O4S. The first-order valence-corrected chi connectivity index (χ1v) is 12.1. The first kappa shape index (κ1) is 23.5. The Labute approximate surface area is 202 Å². The van der Waals surface area contributed by atoms with Crippen LogP contribution in [-0.4, -0.2) is 30.9 Å². The fourth-order valence-corrected chi connectivity index (χ4v) is 4.40. The number of nitrogens with one attached hydrogen (secondary N) is 2. The van der Waals surface area contributed by atoms with Crippen LogP contribution in [0.2, 0.25) is 0 Å². The zero-order valence-corrected chi connectivity index (χ0v) is 19.8. The lowest BCUT2D eigenvalue weighted by Crippen LogP contribution is -2.32. The van der Waals surface area contributed by atoms with E-state index in [2.05, 4.69) is 17.6 Å². The quantitative estimate of drug-likeness (QED) is 0.488. The highest BCUT2D eigenvalue weighted by molar-refractivity contribution is 7.09. The molecule has 3 amide bonds. The second kappa shape index (κ2) is 11.0. The van der Waals surface area contributed by atoms with Crippen LogP contribution >= 0.6 is 11.3 Å². The Hall–Kier alpha value is -3.65. The van der Waals surface area contributed by atoms with Gasteiger partial charge in [-0.3, -0.25) is 14.4 Å². The number of carbonyl (C=O) groups is 3. The van der Waals surface area contributed by atoms with Crippen LogP contribution in [0.4, 0.5) is 11.4 Å². The van der Waals surface area contributed by atoms with E-state index in [0.29, 0.717) is 24.5 Å². The maximum absolute atomic E-state index is 12.5. The molecule has 8 heteroatoms. The summed E-state index contributed by atoms with van der Waals surface area (Å²) >= 11 is 1.58. The molecule has 1 aliphatic rings. The summed E-state index contributed by atoms with van der Waals surface area (Å²) in [4.78, 5) is 39.8. The normalized spacial score (nSPS) is 15.3. The summed E-state index contributed by atoms with van der Waals surface area (Å²) in [6, 6.07) is 18.6. The summed E-state index contributed by atoms with van der Waals surface area (Å²) in [5, 5.41) is 7.69. The van der Waals surface area contributed by atoms with Gasteiger partial charge < -0.3 is 20.3 Å². The van der Waals surface area contributed by atoms with E-state index >= 15 is 0 Å². The van der Waals surface area contributed by atoms with Crippen LogP contribution in [0.3, 0.4) is 0 Å². The molecule has 3 aromatic rings. The van der Waals surface area contributed by atoms with Crippen molar-refractivity contribution < 1.29 is 19.1 Å². The second-order valence-corrected chi connectivity index (χ2v) is 9.12. The summed E-state index contributed by atoms with van der Waals surface area (Å²) in [5.41, 5.74) is 2.63. The molecule has 0 bridgehead atoms. The first-order chi connectivity index (χ1) is 16.5. The molecule has 2 heterocycles. The molecular weight excluding hydrogens is 450 g/mol. The smallest absolute Gasteiger partial charge is 0.262 e. The van der Waals surface area contributed by atoms with Gasteiger partial charge in [0.15, 0.2) is 6.61 Å². The number of anilines is 2. The van der Waals surface area contributed by atoms with Crippen molar-refractivity contribution in [2.75, 3.05) is 23.4 Å². The number of amides is 3. The molecule has 0 saturated carbocycles. The molecule has 1 atom stereocenters. The summed E-state index contributed by atoms with van der Waals surface area (Å²) in [6.45, 7) is 2.78. The van der Waals surface area contributed by atoms with E-state index < -0.39 is 0 Å². The zero-order chi connectivity index (χ0) is 23.9. The topological polar surface area (TPSA) is 87.7 Å². The van der Waals surface area contributed by atoms with Crippen molar-refractivity contribution in [3.05, 3.63) is 76.5 Å². The van der Waals surface area contributed by atoms with Gasteiger partial charge in [-0.15, -0.1) is 11.3 Å². The molecule has 0 aliphatic carbocycles. The number of carbonyl (C=O) groups excluding carboxylic acids is 3. The highest BCUT2D eigenvalue weighted by Gasteiger charge is 2.35. The third kappa shape index (κ3) is 6.02. The van der Waals surface area contributed by atoms with Gasteiger partial charge in [-0.1, -0.05) is 25.1 Å². The summed E-state index contributed by atoms with van der Waals surface area (Å²) in [6.07, 6.45) is 1.13. The van der Waals surface area contributed by atoms with Crippen molar-refractivity contribution in [1.29, 1.82) is 0 Å². The Bertz CT molecular complexity index is 1130. The third-order valence-corrected chi connectivity index (χ3v) is 6.55. The molecule has 1 aliphatic heterocycles. The fraction of sp³-hybridized carbons (Fsp3) is 0.269. The number of thiophene rings is 1. The van der Waals surface area contributed by atoms with Gasteiger partial charge >= 0.3 is 0 Å². The Morgan fingerprint density at radius 3 is 2.53 bits per heavy atom. The summed E-state index contributed by atoms with van der Waals surface area (Å²) < 4.78 is 5.58. The van der Waals surface area contributed by atoms with Gasteiger partial charge in [0.05, 0.1) is 12.5 Å². The molecule has 4 rings (SSSR count). The molecule has 1 saturated heterocycles. The molecule has 1 fully saturated rings. The maximum atomic E-state index is 12.5. The lowest BCUT2D eigenvalue weighted by atomic mass is 10.1. The number of aryl methyl sites for hydroxylation is 1. The SMILES string of the molecule is CCc1ccc(NC(=O)COc2ccc(N3C[C@@H](C(=O)NCc4cccs4)CC3=O)cc2)cc1. The summed E-state index contributed by atoms with van der Waals surface area (Å²) in [5.74, 6) is -0.298. The Morgan fingerprint density at radius 2 is 1.85 bits per heavy atom. The molecule has 0 radical (unpaired) electrons. The average molecular weight is 478 g/mol. The molecule has 1 aromatic heterocycles. The lowest BCUT2D eigenvalue weighted by molar-refractivity contribution is -0.126. The molecule has 7 nitrogen and oxygen atoms in total. The minimum atomic E-state index is -0.376. The number of rotatable bonds is 9. The van der Waals surface area contributed by atoms with E-state index in [1.165, 1.54) is 5.56 Å². The van der Waals surface area contributed by atoms with E-state index in [9.17, 15) is 14.4 Å². The first-order valence-electron chi connectivity index (χ1n) is 11.2. The van der Waals surface area contributed by atoms with E-state index in [-0.39, 0.29) is 36.7 Å². The third-order valence-electron chi connectivity index (χ3n) is 5.68. The Balaban J connectivity index is 1.25. The highest BCUT2D eigenvalue weighted by Crippen LogP contribution is 2.27. The van der Waals surface area contributed by atoms with Crippen molar-refractivity contribution in [1.82, 2.24) is 5.32 Å². The number of hydrogen-bond acceptors (Lipinski definition) is 5. The molecule has 0 unspecified atom stereocenters. The monoisotopic (exact) mass is 477 g/mol. The van der Waals surface area contributed by atoms with Crippen LogP contribution in [0.25, 0.3) is 0 Å². The van der Waals surface area contributed by atoms with Crippen molar-refractivity contribution >= 4 is 40.4 Å². The molecule has 2 aromatic carbocycles. The Kier molecular flexibility index (Phi) is 7.59. The van der Waals surface area contributed by atoms with Gasteiger partial charge in [0.2, 0.25) is 11.8 Å². The lowest BCUT2D eigenvalue weighted by Gasteiger charge is -2.17. The van der Waals surface area contributed by atoms with Crippen LogP contribution in [0, 0.1) is 5.92 Å². The van der Waals surface area contributed by atoms with Crippen LogP contribution in [0.5, 0.6) is 5.75 Å². The van der Waals surface area contributed by atoms with Crippen LogP contribution in [0.15, 0.2) is 66.0 Å². The van der Waals surface area contributed by atoms with Crippen molar-refractivity contribution in [3.8, 4) is 5.75 Å². The molecule has 176 valence electrons. The van der Waals surface area contributed by atoms with Gasteiger partial charge in [-0.25, -0.2) is 0 Å². The van der Waals surface area contributed by atoms with Gasteiger partial charge in [-0.2, -0.15) is 0 Å². The van der Waals surface area contributed by atoms with Gasteiger partial charge in [0.25, 0.3) is 5.91 Å². The van der Waals surface area contributed by atoms with Crippen LogP contribution in [-0.2, 0) is 27.3 Å². The van der Waals surface area contributed by atoms with Crippen LogP contribution < -0.4 is 20.3 Å². The standard InChI is InChI=1S/C26H27N3O4S/c1-2-18-5-7-20(8-6-18)28-24(30)17-33-22-11-9-21(10-12-22)29-16-19(14-25(29)31)26(32)27-15-23-4-3-13-34-23/h3-13,19H,2,14-17H2,1H3,(H,27,32)(H,28,30)/t19-/m0/s1. The van der Waals surface area contributed by atoms with E-state index in [4.69, 9.17) is 4.74 Å². The Morgan fingerprint density at radius 1 is 1.09 bits per heavy atom. The number of ether oxygens (including phenoxy) is 1. The van der Waals surface area contributed by atoms with Gasteiger partial charge in [0, 0.05) is 29.2 Å². The predicted molar refractivity (Wildman–Crippen MR) is 133 cm³/mol. The molecule has 2 N–H and O–H groups in total. The number of nitrogens with zero attached hydrogens (tertiary/aromatic N) is 1. The minimum Gasteiger partial charge on any atom is -0.484 e. The molecule has 0 spiro atoms. The average Bonchev–Trinajstić information content (AvgIpc) is 3.52. The number of hydrogen-bond donors (Lipinski definition) is 2. The highest BCUT2D eigenvalue weighted by atomic mass is 32.1. The number of benzene rings is 2. The van der Waals surface area contributed by atoms with E-state index in [1.54, 1.807) is 40.5 Å². The van der Waals surface area contributed by atoms with Crippen molar-refractivity contribution in [3.63, 3.8) is 0 Å². The minimum absolute atomic E-state index is 0.0848. The van der Waals surface area contributed by atoms with Crippen molar-refractivity contribution in [2.24, 2.45) is 5.92 Å². The maximum Gasteiger partial charge on any atom is 0.262 e. The van der Waals surface area contributed by atoms with Crippen molar-refractivity contribution in [2.45, 2.75) is 26.3 Å². The van der Waals surface area contributed by atoms with Gasteiger partial charge in [-0.05, 0) is 59.8 Å². The van der Waals surface area contributed by atoms with E-state index in [0.717, 1.165) is 17.0 Å². The second-order valence-electron chi connectivity index (χ2n) is 8.08. The zero-order valence-electron chi connectivity index (χ0n) is 19.0. The predicted octanol–water partition coefficient (Wildman–Crippen LogP) is 4.00. The van der Waals surface area contributed by atoms with E-state index in [1.807, 2.05) is 41.8 Å². The van der Waals surface area contributed by atoms with Gasteiger partial charge in [0.1, 0.15) is 5.75 Å². The van der Waals surface area contributed by atoms with Crippen LogP contribution in [0.1, 0.15) is 23.8 Å². The molecule has 34 heavy (non-hydrogen) atoms.